The minimum absolute atomic E-state index is 0. The van der Waals surface area contributed by atoms with Crippen molar-refractivity contribution in [2.45, 2.75) is 39.3 Å². The zero-order valence-electron chi connectivity index (χ0n) is 10.2. The molecule has 2 nitrogen and oxygen atoms in total. The van der Waals surface area contributed by atoms with Gasteiger partial charge in [-0.05, 0) is 24.8 Å². The van der Waals surface area contributed by atoms with E-state index in [0.717, 1.165) is 12.0 Å². The highest BCUT2D eigenvalue weighted by atomic mass is 35.5. The van der Waals surface area contributed by atoms with E-state index >= 15 is 0 Å². The quantitative estimate of drug-likeness (QED) is 0.854. The first-order chi connectivity index (χ1) is 7.00. The van der Waals surface area contributed by atoms with Gasteiger partial charge in [-0.1, -0.05) is 43.7 Å². The second-order valence-corrected chi connectivity index (χ2v) is 4.64. The van der Waals surface area contributed by atoms with Crippen molar-refractivity contribution in [3.63, 3.8) is 0 Å². The fourth-order valence-corrected chi connectivity index (χ4v) is 1.73. The third-order valence-electron chi connectivity index (χ3n) is 2.55. The maximum absolute atomic E-state index is 9.91. The van der Waals surface area contributed by atoms with Crippen molar-refractivity contribution < 1.29 is 5.11 Å². The number of rotatable bonds is 4. The minimum Gasteiger partial charge on any atom is -0.391 e. The fourth-order valence-electron chi connectivity index (χ4n) is 1.73. The lowest BCUT2D eigenvalue weighted by atomic mass is 9.95. The summed E-state index contributed by atoms with van der Waals surface area (Å²) in [5, 5.41) is 9.91. The summed E-state index contributed by atoms with van der Waals surface area (Å²) >= 11 is 0. The predicted octanol–water partition coefficient (Wildman–Crippen LogP) is 2.82. The molecule has 0 saturated heterocycles. The Labute approximate surface area is 104 Å². The molecule has 3 N–H and O–H groups in total. The zero-order valence-corrected chi connectivity index (χ0v) is 11.0. The maximum atomic E-state index is 9.91. The van der Waals surface area contributed by atoms with Gasteiger partial charge in [0.15, 0.2) is 0 Å². The molecule has 0 radical (unpaired) electrons. The Balaban J connectivity index is 0.00000225. The largest absolute Gasteiger partial charge is 0.391 e. The smallest absolute Gasteiger partial charge is 0.0735 e. The molecule has 0 saturated carbocycles. The van der Waals surface area contributed by atoms with Crippen LogP contribution < -0.4 is 5.73 Å². The molecule has 1 aromatic rings. The van der Waals surface area contributed by atoms with Crippen LogP contribution in [0.25, 0.3) is 0 Å². The van der Waals surface area contributed by atoms with Crippen LogP contribution in [0.5, 0.6) is 0 Å². The second kappa shape index (κ2) is 6.89. The molecule has 0 fully saturated rings. The van der Waals surface area contributed by atoms with Crippen molar-refractivity contribution in [3.8, 4) is 0 Å². The summed E-state index contributed by atoms with van der Waals surface area (Å²) in [6, 6.07) is 7.75. The van der Waals surface area contributed by atoms with E-state index < -0.39 is 6.10 Å². The Hall–Kier alpha value is -0.570. The molecule has 0 spiro atoms. The van der Waals surface area contributed by atoms with E-state index in [1.54, 1.807) is 0 Å². The van der Waals surface area contributed by atoms with Crippen molar-refractivity contribution in [2.75, 3.05) is 0 Å². The van der Waals surface area contributed by atoms with Gasteiger partial charge in [0.05, 0.1) is 12.1 Å². The molecule has 0 bridgehead atoms. The number of aliphatic hydroxyl groups excluding tert-OH is 1. The van der Waals surface area contributed by atoms with Crippen molar-refractivity contribution >= 4 is 12.4 Å². The number of hydrogen-bond donors (Lipinski definition) is 2. The van der Waals surface area contributed by atoms with Gasteiger partial charge in [-0.3, -0.25) is 0 Å². The van der Waals surface area contributed by atoms with Gasteiger partial charge in [0.25, 0.3) is 0 Å². The summed E-state index contributed by atoms with van der Waals surface area (Å²) in [5.74, 6) is 0.468. The molecule has 0 unspecified atom stereocenters. The van der Waals surface area contributed by atoms with E-state index in [4.69, 9.17) is 5.73 Å². The molecule has 16 heavy (non-hydrogen) atoms. The number of aryl methyl sites for hydroxylation is 1. The van der Waals surface area contributed by atoms with Gasteiger partial charge in [0.1, 0.15) is 0 Å². The molecule has 1 aromatic carbocycles. The first-order valence-corrected chi connectivity index (χ1v) is 5.51. The summed E-state index contributed by atoms with van der Waals surface area (Å²) in [4.78, 5) is 0. The Morgan fingerprint density at radius 3 is 2.44 bits per heavy atom. The molecule has 0 aliphatic carbocycles. The highest BCUT2D eigenvalue weighted by Gasteiger charge is 2.17. The molecule has 0 amide bonds. The van der Waals surface area contributed by atoms with Gasteiger partial charge in [-0.25, -0.2) is 0 Å². The molecule has 2 atom stereocenters. The van der Waals surface area contributed by atoms with Gasteiger partial charge in [-0.2, -0.15) is 0 Å². The normalized spacial score (nSPS) is 14.4. The van der Waals surface area contributed by atoms with Crippen molar-refractivity contribution in [1.82, 2.24) is 0 Å². The number of aliphatic hydroxyl groups is 1. The minimum atomic E-state index is -0.452. The lowest BCUT2D eigenvalue weighted by Crippen LogP contribution is -2.27. The van der Waals surface area contributed by atoms with Crippen molar-refractivity contribution in [3.05, 3.63) is 35.4 Å². The monoisotopic (exact) mass is 243 g/mol. The second-order valence-electron chi connectivity index (χ2n) is 4.64. The van der Waals surface area contributed by atoms with Gasteiger partial charge in [0.2, 0.25) is 0 Å². The van der Waals surface area contributed by atoms with Gasteiger partial charge in [0, 0.05) is 0 Å². The molecular weight excluding hydrogens is 222 g/mol. The molecule has 0 aromatic heterocycles. The first kappa shape index (κ1) is 15.4. The van der Waals surface area contributed by atoms with Crippen LogP contribution in [-0.2, 0) is 0 Å². The van der Waals surface area contributed by atoms with Crippen molar-refractivity contribution in [2.24, 2.45) is 11.7 Å². The van der Waals surface area contributed by atoms with E-state index in [0.29, 0.717) is 5.92 Å². The van der Waals surface area contributed by atoms with Crippen LogP contribution in [0.2, 0.25) is 0 Å². The number of hydrogen-bond acceptors (Lipinski definition) is 2. The van der Waals surface area contributed by atoms with E-state index in [2.05, 4.69) is 13.8 Å². The lowest BCUT2D eigenvalue weighted by molar-refractivity contribution is 0.121. The van der Waals surface area contributed by atoms with Crippen LogP contribution in [-0.4, -0.2) is 11.2 Å². The van der Waals surface area contributed by atoms with Crippen LogP contribution in [0.3, 0.4) is 0 Å². The third kappa shape index (κ3) is 4.52. The molecule has 92 valence electrons. The number of benzene rings is 1. The molecule has 0 aliphatic heterocycles. The van der Waals surface area contributed by atoms with Crippen LogP contribution in [0.4, 0.5) is 0 Å². The van der Waals surface area contributed by atoms with Crippen LogP contribution in [0.15, 0.2) is 24.3 Å². The summed E-state index contributed by atoms with van der Waals surface area (Å²) in [6.45, 7) is 6.21. The Morgan fingerprint density at radius 2 is 1.94 bits per heavy atom. The Kier molecular flexibility index (Phi) is 6.65. The highest BCUT2D eigenvalue weighted by Crippen LogP contribution is 2.20. The van der Waals surface area contributed by atoms with Crippen LogP contribution in [0.1, 0.15) is 37.4 Å². The summed E-state index contributed by atoms with van der Waals surface area (Å²) in [5.41, 5.74) is 8.20. The first-order valence-electron chi connectivity index (χ1n) is 5.51. The number of nitrogens with two attached hydrogens (primary N) is 1. The van der Waals surface area contributed by atoms with Crippen LogP contribution >= 0.6 is 12.4 Å². The lowest BCUT2D eigenvalue weighted by Gasteiger charge is -2.21. The van der Waals surface area contributed by atoms with Crippen LogP contribution in [0, 0.1) is 12.8 Å². The predicted molar refractivity (Wildman–Crippen MR) is 70.8 cm³/mol. The topological polar surface area (TPSA) is 46.2 Å². The highest BCUT2D eigenvalue weighted by molar-refractivity contribution is 5.85. The molecule has 3 heteroatoms. The average molecular weight is 244 g/mol. The standard InChI is InChI=1S/C13H21NO.ClH/c1-9(2)7-12(15)13(14)11-6-4-5-10(3)8-11;/h4-6,8-9,12-13,15H,7,14H2,1-3H3;1H/t12-,13+;/m0./s1. The van der Waals surface area contributed by atoms with Gasteiger partial charge >= 0.3 is 0 Å². The van der Waals surface area contributed by atoms with Gasteiger partial charge in [-0.15, -0.1) is 12.4 Å². The van der Waals surface area contributed by atoms with E-state index in [9.17, 15) is 5.11 Å². The van der Waals surface area contributed by atoms with Crippen molar-refractivity contribution in [1.29, 1.82) is 0 Å². The summed E-state index contributed by atoms with van der Waals surface area (Å²) in [6.07, 6.45) is 0.293. The SMILES string of the molecule is Cc1cccc([C@@H](N)[C@@H](O)CC(C)C)c1.Cl. The maximum Gasteiger partial charge on any atom is 0.0735 e. The van der Waals surface area contributed by atoms with E-state index in [1.165, 1.54) is 5.56 Å². The van der Waals surface area contributed by atoms with E-state index in [-0.39, 0.29) is 18.4 Å². The summed E-state index contributed by atoms with van der Waals surface area (Å²) in [7, 11) is 0. The van der Waals surface area contributed by atoms with Gasteiger partial charge < -0.3 is 10.8 Å². The Morgan fingerprint density at radius 1 is 1.31 bits per heavy atom. The molecule has 1 rings (SSSR count). The Bertz CT molecular complexity index is 315. The molecular formula is C13H22ClNO. The molecule has 0 aliphatic rings. The fraction of sp³-hybridized carbons (Fsp3) is 0.538. The third-order valence-corrected chi connectivity index (χ3v) is 2.55. The zero-order chi connectivity index (χ0) is 11.4. The summed E-state index contributed by atoms with van der Waals surface area (Å²) < 4.78 is 0. The number of halogens is 1. The molecule has 0 heterocycles. The van der Waals surface area contributed by atoms with E-state index in [1.807, 2.05) is 31.2 Å². The average Bonchev–Trinajstić information content (AvgIpc) is 2.15.